The fraction of sp³-hybridized carbons (Fsp3) is 0.333. The summed E-state index contributed by atoms with van der Waals surface area (Å²) in [5.41, 5.74) is 9.41. The van der Waals surface area contributed by atoms with Gasteiger partial charge in [0, 0.05) is 11.1 Å². The maximum atomic E-state index is 13.1. The molecule has 5 N–H and O–H groups in total. The number of amides is 1. The summed E-state index contributed by atoms with van der Waals surface area (Å²) < 4.78 is 77.9. The Morgan fingerprint density at radius 3 is 1.54 bits per heavy atom. The molecule has 0 unspecified atom stereocenters. The van der Waals surface area contributed by atoms with E-state index >= 15 is 0 Å². The summed E-state index contributed by atoms with van der Waals surface area (Å²) in [4.78, 5) is 22.9. The fourth-order valence-corrected chi connectivity index (χ4v) is 3.61. The molecule has 2 aromatic rings. The number of halogens is 7. The first-order valence-corrected chi connectivity index (χ1v) is 12.1. The summed E-state index contributed by atoms with van der Waals surface area (Å²) in [5, 5.41) is 1.29. The van der Waals surface area contributed by atoms with Gasteiger partial charge in [-0.05, 0) is 72.7 Å². The minimum atomic E-state index is -4.55. The van der Waals surface area contributed by atoms with E-state index in [0.717, 1.165) is 12.1 Å². The maximum absolute atomic E-state index is 13.1. The molecule has 0 aliphatic rings. The van der Waals surface area contributed by atoms with Gasteiger partial charge in [-0.2, -0.15) is 26.3 Å². The highest BCUT2D eigenvalue weighted by Crippen LogP contribution is 2.36. The molecule has 12 heteroatoms. The number of allylic oxidation sites excluding steroid dienone is 2. The van der Waals surface area contributed by atoms with Crippen LogP contribution >= 0.6 is 11.6 Å². The Labute approximate surface area is 227 Å². The van der Waals surface area contributed by atoms with Crippen molar-refractivity contribution in [1.29, 1.82) is 0 Å². The minimum Gasteiger partial charge on any atom is -0.324 e. The van der Waals surface area contributed by atoms with E-state index in [4.69, 9.17) is 23.1 Å². The van der Waals surface area contributed by atoms with Crippen molar-refractivity contribution < 1.29 is 35.9 Å². The second kappa shape index (κ2) is 14.3. The molecule has 0 aliphatic carbocycles. The van der Waals surface area contributed by atoms with Crippen LogP contribution in [0.15, 0.2) is 36.4 Å². The SMILES string of the molecule is CCC=Cc1cc(C)c(C(=O)Cl)cc1C(F)(F)F.CCC=Cc1cc(C)c(C(=O)NC(N)N)cc1C(F)(F)F. The Bertz CT molecular complexity index is 1240. The van der Waals surface area contributed by atoms with Gasteiger partial charge in [-0.15, -0.1) is 0 Å². The summed E-state index contributed by atoms with van der Waals surface area (Å²) in [7, 11) is 0. The molecule has 0 radical (unpaired) electrons. The average Bonchev–Trinajstić information content (AvgIpc) is 2.79. The molecule has 0 atom stereocenters. The topological polar surface area (TPSA) is 98.2 Å². The van der Waals surface area contributed by atoms with Gasteiger partial charge in [-0.25, -0.2) is 0 Å². The van der Waals surface area contributed by atoms with Gasteiger partial charge < -0.3 is 5.32 Å². The quantitative estimate of drug-likeness (QED) is 0.184. The molecule has 0 aromatic heterocycles. The van der Waals surface area contributed by atoms with E-state index in [9.17, 15) is 35.9 Å². The zero-order chi connectivity index (χ0) is 30.1. The van der Waals surface area contributed by atoms with Gasteiger partial charge >= 0.3 is 12.4 Å². The van der Waals surface area contributed by atoms with Crippen molar-refractivity contribution in [2.24, 2.45) is 11.5 Å². The van der Waals surface area contributed by atoms with Gasteiger partial charge in [0.15, 0.2) is 0 Å². The van der Waals surface area contributed by atoms with Crippen molar-refractivity contribution in [3.05, 3.63) is 80.9 Å². The summed E-state index contributed by atoms with van der Waals surface area (Å²) >= 11 is 5.26. The molecule has 0 aliphatic heterocycles. The average molecular weight is 578 g/mol. The van der Waals surface area contributed by atoms with E-state index < -0.39 is 40.9 Å². The number of nitrogens with two attached hydrogens (primary N) is 2. The van der Waals surface area contributed by atoms with Gasteiger partial charge in [0.2, 0.25) is 0 Å². The summed E-state index contributed by atoms with van der Waals surface area (Å²) in [6.07, 6.45) is -2.90. The van der Waals surface area contributed by atoms with Crippen LogP contribution in [-0.4, -0.2) is 17.4 Å². The van der Waals surface area contributed by atoms with Crippen LogP contribution in [0.4, 0.5) is 26.3 Å². The molecule has 2 rings (SSSR count). The third kappa shape index (κ3) is 10.2. The van der Waals surface area contributed by atoms with Gasteiger partial charge in [-0.3, -0.25) is 21.1 Å². The highest BCUT2D eigenvalue weighted by atomic mass is 35.5. The van der Waals surface area contributed by atoms with Crippen LogP contribution in [0.3, 0.4) is 0 Å². The number of aryl methyl sites for hydroxylation is 2. The lowest BCUT2D eigenvalue weighted by Crippen LogP contribution is -2.48. The molecule has 214 valence electrons. The number of alkyl halides is 6. The lowest BCUT2D eigenvalue weighted by atomic mass is 9.97. The number of nitrogens with one attached hydrogen (secondary N) is 1. The molecular weight excluding hydrogens is 548 g/mol. The number of carbonyl (C=O) groups excluding carboxylic acids is 2. The van der Waals surface area contributed by atoms with Crippen LogP contribution in [0.5, 0.6) is 0 Å². The van der Waals surface area contributed by atoms with Crippen LogP contribution in [0.1, 0.15) is 80.8 Å². The fourth-order valence-electron chi connectivity index (χ4n) is 3.40. The molecule has 0 saturated carbocycles. The van der Waals surface area contributed by atoms with Crippen molar-refractivity contribution in [3.63, 3.8) is 0 Å². The van der Waals surface area contributed by atoms with Crippen molar-refractivity contribution in [2.45, 2.75) is 59.2 Å². The van der Waals surface area contributed by atoms with Crippen LogP contribution < -0.4 is 16.8 Å². The molecule has 1 amide bonds. The van der Waals surface area contributed by atoms with Crippen LogP contribution in [0.25, 0.3) is 12.2 Å². The lowest BCUT2D eigenvalue weighted by molar-refractivity contribution is -0.138. The first-order chi connectivity index (χ1) is 17.9. The maximum Gasteiger partial charge on any atom is 0.417 e. The number of rotatable bonds is 7. The normalized spacial score (nSPS) is 12.2. The number of benzene rings is 2. The predicted octanol–water partition coefficient (Wildman–Crippen LogP) is 7.18. The Balaban J connectivity index is 0.000000395. The molecule has 0 fully saturated rings. The van der Waals surface area contributed by atoms with Crippen LogP contribution in [0, 0.1) is 13.8 Å². The van der Waals surface area contributed by atoms with Crippen molar-refractivity contribution in [2.75, 3.05) is 0 Å². The van der Waals surface area contributed by atoms with E-state index in [-0.39, 0.29) is 22.3 Å². The van der Waals surface area contributed by atoms with Gasteiger partial charge in [0.25, 0.3) is 11.1 Å². The van der Waals surface area contributed by atoms with Crippen LogP contribution in [-0.2, 0) is 12.4 Å². The Hall–Kier alpha value is -3.15. The smallest absolute Gasteiger partial charge is 0.324 e. The van der Waals surface area contributed by atoms with E-state index in [1.807, 2.05) is 13.8 Å². The predicted molar refractivity (Wildman–Crippen MR) is 141 cm³/mol. The van der Waals surface area contributed by atoms with Crippen LogP contribution in [0.2, 0.25) is 0 Å². The Morgan fingerprint density at radius 1 is 0.821 bits per heavy atom. The van der Waals surface area contributed by atoms with E-state index in [0.29, 0.717) is 24.0 Å². The first-order valence-electron chi connectivity index (χ1n) is 11.7. The monoisotopic (exact) mass is 577 g/mol. The third-order valence-electron chi connectivity index (χ3n) is 5.22. The number of hydrogen-bond donors (Lipinski definition) is 3. The molecule has 39 heavy (non-hydrogen) atoms. The number of hydrogen-bond acceptors (Lipinski definition) is 4. The second-order valence-corrected chi connectivity index (χ2v) is 8.74. The highest BCUT2D eigenvalue weighted by molar-refractivity contribution is 6.67. The van der Waals surface area contributed by atoms with Gasteiger partial charge in [0.1, 0.15) is 6.29 Å². The molecule has 0 saturated heterocycles. The summed E-state index contributed by atoms with van der Waals surface area (Å²) in [6.45, 7) is 6.76. The van der Waals surface area contributed by atoms with Crippen molar-refractivity contribution >= 4 is 34.9 Å². The van der Waals surface area contributed by atoms with E-state index in [2.05, 4.69) is 5.32 Å². The molecule has 0 heterocycles. The third-order valence-corrected chi connectivity index (χ3v) is 5.43. The molecule has 2 aromatic carbocycles. The van der Waals surface area contributed by atoms with Crippen molar-refractivity contribution in [1.82, 2.24) is 5.32 Å². The Morgan fingerprint density at radius 2 is 1.21 bits per heavy atom. The molecule has 0 spiro atoms. The molecular formula is C27H30ClF6N3O2. The second-order valence-electron chi connectivity index (χ2n) is 8.40. The summed E-state index contributed by atoms with van der Waals surface area (Å²) in [5.74, 6) is -0.737. The van der Waals surface area contributed by atoms with Gasteiger partial charge in [-0.1, -0.05) is 50.3 Å². The molecule has 5 nitrogen and oxygen atoms in total. The zero-order valence-electron chi connectivity index (χ0n) is 21.7. The number of carbonyl (C=O) groups is 2. The highest BCUT2D eigenvalue weighted by Gasteiger charge is 2.35. The minimum absolute atomic E-state index is 0.0236. The lowest BCUT2D eigenvalue weighted by Gasteiger charge is -2.16. The van der Waals surface area contributed by atoms with Crippen molar-refractivity contribution in [3.8, 4) is 0 Å². The largest absolute Gasteiger partial charge is 0.417 e. The first kappa shape index (κ1) is 33.9. The molecule has 0 bridgehead atoms. The van der Waals surface area contributed by atoms with E-state index in [1.54, 1.807) is 26.0 Å². The zero-order valence-corrected chi connectivity index (χ0v) is 22.5. The Kier molecular flexibility index (Phi) is 12.4. The standard InChI is InChI=1S/C14H18F3N3O.C13H12ClF3O/c1-3-4-5-9-6-8(2)10(12(21)20-13(18)19)7-11(9)14(15,16)17;1-3-4-5-9-6-8(2)10(12(14)18)7-11(9)13(15,16)17/h4-7,13H,3,18-19H2,1-2H3,(H,20,21);4-7H,3H2,1-2H3. The summed E-state index contributed by atoms with van der Waals surface area (Å²) in [6, 6.07) is 4.28. The van der Waals surface area contributed by atoms with Gasteiger partial charge in [0.05, 0.1) is 11.1 Å². The van der Waals surface area contributed by atoms with E-state index in [1.165, 1.54) is 24.3 Å².